The van der Waals surface area contributed by atoms with E-state index in [0.29, 0.717) is 17.3 Å². The quantitative estimate of drug-likeness (QED) is 0.326. The zero-order valence-corrected chi connectivity index (χ0v) is 24.9. The van der Waals surface area contributed by atoms with Gasteiger partial charge in [-0.05, 0) is 92.9 Å². The molecular formula is C28H31BrClN3O4S. The van der Waals surface area contributed by atoms with Gasteiger partial charge in [0, 0.05) is 22.6 Å². The van der Waals surface area contributed by atoms with Gasteiger partial charge in [0.15, 0.2) is 0 Å². The number of nitrogens with one attached hydrogen (secondary N) is 1. The highest BCUT2D eigenvalue weighted by Gasteiger charge is 2.32. The van der Waals surface area contributed by atoms with Gasteiger partial charge >= 0.3 is 0 Å². The van der Waals surface area contributed by atoms with E-state index in [0.717, 1.165) is 25.5 Å². The second kappa shape index (κ2) is 12.8. The Hall–Kier alpha value is -2.88. The van der Waals surface area contributed by atoms with Crippen molar-refractivity contribution in [2.75, 3.05) is 17.4 Å². The summed E-state index contributed by atoms with van der Waals surface area (Å²) in [6.45, 7) is 7.28. The minimum atomic E-state index is -4.14. The fraction of sp³-hybridized carbons (Fsp3) is 0.286. The number of carbonyl (C=O) groups is 2. The number of likely N-dealkylation sites (N-methyl/N-ethyl adjacent to an activating group) is 1. The number of benzene rings is 3. The van der Waals surface area contributed by atoms with Crippen LogP contribution in [0.5, 0.6) is 0 Å². The van der Waals surface area contributed by atoms with E-state index in [4.69, 9.17) is 11.6 Å². The largest absolute Gasteiger partial charge is 0.355 e. The first-order valence-electron chi connectivity index (χ1n) is 12.1. The van der Waals surface area contributed by atoms with Crippen molar-refractivity contribution in [1.82, 2.24) is 10.2 Å². The van der Waals surface area contributed by atoms with Crippen LogP contribution in [0.1, 0.15) is 30.5 Å². The average Bonchev–Trinajstić information content (AvgIpc) is 2.88. The van der Waals surface area contributed by atoms with E-state index >= 15 is 0 Å². The lowest BCUT2D eigenvalue weighted by molar-refractivity contribution is -0.139. The van der Waals surface area contributed by atoms with E-state index < -0.39 is 28.5 Å². The molecule has 0 fully saturated rings. The molecule has 10 heteroatoms. The Morgan fingerprint density at radius 2 is 1.61 bits per heavy atom. The number of hydrogen-bond acceptors (Lipinski definition) is 4. The van der Waals surface area contributed by atoms with Crippen LogP contribution in [0.4, 0.5) is 5.69 Å². The second-order valence-electron chi connectivity index (χ2n) is 8.95. The van der Waals surface area contributed by atoms with Crippen molar-refractivity contribution >= 4 is 55.1 Å². The molecule has 0 aliphatic heterocycles. The molecular weight excluding hydrogens is 590 g/mol. The predicted molar refractivity (Wildman–Crippen MR) is 155 cm³/mol. The highest BCUT2D eigenvalue weighted by atomic mass is 79.9. The van der Waals surface area contributed by atoms with Crippen LogP contribution in [0.2, 0.25) is 5.02 Å². The summed E-state index contributed by atoms with van der Waals surface area (Å²) >= 11 is 9.39. The molecule has 3 aromatic carbocycles. The molecule has 1 N–H and O–H groups in total. The Bertz CT molecular complexity index is 1400. The monoisotopic (exact) mass is 619 g/mol. The van der Waals surface area contributed by atoms with Gasteiger partial charge in [-0.25, -0.2) is 8.42 Å². The van der Waals surface area contributed by atoms with Crippen molar-refractivity contribution in [2.24, 2.45) is 0 Å². The van der Waals surface area contributed by atoms with Gasteiger partial charge in [-0.15, -0.1) is 0 Å². The summed E-state index contributed by atoms with van der Waals surface area (Å²) in [5.74, 6) is -0.835. The molecule has 38 heavy (non-hydrogen) atoms. The summed E-state index contributed by atoms with van der Waals surface area (Å²) in [6.07, 6.45) is 0. The van der Waals surface area contributed by atoms with E-state index in [-0.39, 0.29) is 17.3 Å². The lowest BCUT2D eigenvalue weighted by Crippen LogP contribution is -2.51. The summed E-state index contributed by atoms with van der Waals surface area (Å²) in [7, 11) is -4.14. The maximum absolute atomic E-state index is 13.8. The van der Waals surface area contributed by atoms with Gasteiger partial charge in [0.1, 0.15) is 12.6 Å². The number of amides is 2. The number of aryl methyl sites for hydroxylation is 2. The van der Waals surface area contributed by atoms with Crippen LogP contribution in [0, 0.1) is 13.8 Å². The molecule has 7 nitrogen and oxygen atoms in total. The van der Waals surface area contributed by atoms with Gasteiger partial charge in [-0.3, -0.25) is 13.9 Å². The topological polar surface area (TPSA) is 86.8 Å². The van der Waals surface area contributed by atoms with Crippen LogP contribution in [0.15, 0.2) is 76.1 Å². The molecule has 0 aliphatic carbocycles. The Kier molecular flexibility index (Phi) is 9.98. The van der Waals surface area contributed by atoms with Crippen LogP contribution in [0.25, 0.3) is 0 Å². The maximum Gasteiger partial charge on any atom is 0.264 e. The number of halogens is 2. The van der Waals surface area contributed by atoms with Crippen molar-refractivity contribution in [1.29, 1.82) is 0 Å². The number of rotatable bonds is 10. The molecule has 0 saturated carbocycles. The Morgan fingerprint density at radius 3 is 2.18 bits per heavy atom. The molecule has 0 saturated heterocycles. The van der Waals surface area contributed by atoms with Gasteiger partial charge in [-0.2, -0.15) is 0 Å². The molecule has 0 radical (unpaired) electrons. The SMILES string of the molecule is CCNC(=O)C(C)N(Cc1ccc(Br)cc1)C(=O)CN(c1ccc(C)c(C)c1)S(=O)(=O)c1ccc(Cl)cc1. The van der Waals surface area contributed by atoms with Gasteiger partial charge in [0.25, 0.3) is 10.0 Å². The summed E-state index contributed by atoms with van der Waals surface area (Å²) < 4.78 is 29.6. The van der Waals surface area contributed by atoms with E-state index in [1.807, 2.05) is 44.2 Å². The minimum Gasteiger partial charge on any atom is -0.355 e. The summed E-state index contributed by atoms with van der Waals surface area (Å²) in [5, 5.41) is 3.15. The lowest BCUT2D eigenvalue weighted by Gasteiger charge is -2.32. The van der Waals surface area contributed by atoms with E-state index in [9.17, 15) is 18.0 Å². The fourth-order valence-corrected chi connectivity index (χ4v) is 5.63. The molecule has 1 atom stereocenters. The van der Waals surface area contributed by atoms with Gasteiger partial charge in [0.2, 0.25) is 11.8 Å². The lowest BCUT2D eigenvalue weighted by atomic mass is 10.1. The van der Waals surface area contributed by atoms with Crippen LogP contribution >= 0.6 is 27.5 Å². The number of sulfonamides is 1. The van der Waals surface area contributed by atoms with Crippen molar-refractivity contribution in [2.45, 2.75) is 45.2 Å². The van der Waals surface area contributed by atoms with Crippen molar-refractivity contribution in [3.63, 3.8) is 0 Å². The highest BCUT2D eigenvalue weighted by Crippen LogP contribution is 2.27. The predicted octanol–water partition coefficient (Wildman–Crippen LogP) is 5.47. The summed E-state index contributed by atoms with van der Waals surface area (Å²) in [6, 6.07) is 17.6. The van der Waals surface area contributed by atoms with E-state index in [2.05, 4.69) is 21.2 Å². The summed E-state index contributed by atoms with van der Waals surface area (Å²) in [4.78, 5) is 28.0. The standard InChI is InChI=1S/C28H31BrClN3O4S/c1-5-31-28(35)21(4)32(17-22-7-9-23(29)10-8-22)27(34)18-33(25-13-6-19(2)20(3)16-25)38(36,37)26-14-11-24(30)12-15-26/h6-16,21H,5,17-18H2,1-4H3,(H,31,35). The third-order valence-corrected chi connectivity index (χ3v) is 8.81. The molecule has 0 heterocycles. The van der Waals surface area contributed by atoms with Crippen LogP contribution in [-0.2, 0) is 26.2 Å². The normalized spacial score (nSPS) is 12.1. The van der Waals surface area contributed by atoms with E-state index in [1.54, 1.807) is 26.0 Å². The number of anilines is 1. The first kappa shape index (κ1) is 29.7. The van der Waals surface area contributed by atoms with Gasteiger partial charge < -0.3 is 10.2 Å². The Labute approximate surface area is 238 Å². The first-order chi connectivity index (χ1) is 17.9. The number of hydrogen-bond donors (Lipinski definition) is 1. The fourth-order valence-electron chi connectivity index (χ4n) is 3.83. The molecule has 3 aromatic rings. The number of nitrogens with zero attached hydrogens (tertiary/aromatic N) is 2. The smallest absolute Gasteiger partial charge is 0.264 e. The molecule has 1 unspecified atom stereocenters. The molecule has 2 amide bonds. The Morgan fingerprint density at radius 1 is 0.974 bits per heavy atom. The van der Waals surface area contributed by atoms with E-state index in [1.165, 1.54) is 29.2 Å². The first-order valence-corrected chi connectivity index (χ1v) is 14.7. The second-order valence-corrected chi connectivity index (χ2v) is 12.2. The van der Waals surface area contributed by atoms with Crippen LogP contribution < -0.4 is 9.62 Å². The van der Waals surface area contributed by atoms with Gasteiger partial charge in [0.05, 0.1) is 10.6 Å². The molecule has 0 bridgehead atoms. The third-order valence-electron chi connectivity index (χ3n) is 6.24. The third kappa shape index (κ3) is 7.15. The zero-order valence-electron chi connectivity index (χ0n) is 21.7. The molecule has 3 rings (SSSR count). The maximum atomic E-state index is 13.8. The highest BCUT2D eigenvalue weighted by molar-refractivity contribution is 9.10. The zero-order chi connectivity index (χ0) is 28.0. The van der Waals surface area contributed by atoms with Crippen molar-refractivity contribution < 1.29 is 18.0 Å². The van der Waals surface area contributed by atoms with Gasteiger partial charge in [-0.1, -0.05) is 45.7 Å². The Balaban J connectivity index is 2.05. The number of carbonyl (C=O) groups excluding carboxylic acids is 2. The van der Waals surface area contributed by atoms with Crippen LogP contribution in [0.3, 0.4) is 0 Å². The van der Waals surface area contributed by atoms with Crippen molar-refractivity contribution in [3.05, 3.63) is 92.9 Å². The molecule has 0 aromatic heterocycles. The average molecular weight is 621 g/mol. The summed E-state index contributed by atoms with van der Waals surface area (Å²) in [5.41, 5.74) is 3.03. The van der Waals surface area contributed by atoms with Crippen molar-refractivity contribution in [3.8, 4) is 0 Å². The molecule has 0 spiro atoms. The molecule has 202 valence electrons. The minimum absolute atomic E-state index is 0.00385. The molecule has 0 aliphatic rings. The van der Waals surface area contributed by atoms with Crippen LogP contribution in [-0.4, -0.2) is 44.3 Å².